The number of carbonyl (C=O) groups is 2. The number of benzene rings is 1. The Morgan fingerprint density at radius 3 is 2.83 bits per heavy atom. The number of hydrogen-bond donors (Lipinski definition) is 2. The molecule has 0 saturated carbocycles. The van der Waals surface area contributed by atoms with Crippen molar-refractivity contribution in [2.24, 2.45) is 0 Å². The number of nitrogens with one attached hydrogen (secondary N) is 2. The van der Waals surface area contributed by atoms with Gasteiger partial charge in [0.15, 0.2) is 0 Å². The summed E-state index contributed by atoms with van der Waals surface area (Å²) in [6.07, 6.45) is 2.10. The fraction of sp³-hybridized carbons (Fsp3) is 0.556. The van der Waals surface area contributed by atoms with Gasteiger partial charge in [-0.1, -0.05) is 12.1 Å². The van der Waals surface area contributed by atoms with Crippen LogP contribution in [0.5, 0.6) is 0 Å². The topological polar surface area (TPSA) is 61.4 Å². The second kappa shape index (κ2) is 8.03. The lowest BCUT2D eigenvalue weighted by atomic mass is 10.1. The molecule has 0 spiro atoms. The number of amides is 2. The van der Waals surface area contributed by atoms with E-state index in [0.717, 1.165) is 42.3 Å². The predicted molar refractivity (Wildman–Crippen MR) is 98.3 cm³/mol. The zero-order valence-electron chi connectivity index (χ0n) is 14.1. The van der Waals surface area contributed by atoms with Gasteiger partial charge in [-0.2, -0.15) is 11.8 Å². The number of thioether (sulfide) groups is 1. The van der Waals surface area contributed by atoms with E-state index >= 15 is 0 Å². The van der Waals surface area contributed by atoms with E-state index < -0.39 is 0 Å². The molecule has 1 aromatic rings. The summed E-state index contributed by atoms with van der Waals surface area (Å²) in [7, 11) is 0. The van der Waals surface area contributed by atoms with Crippen LogP contribution in [0.25, 0.3) is 0 Å². The third-order valence-corrected chi connectivity index (χ3v) is 5.72. The van der Waals surface area contributed by atoms with Gasteiger partial charge in [-0.05, 0) is 31.0 Å². The Kier molecular flexibility index (Phi) is 5.79. The SMILES string of the molecule is CC(NC(=O)CC1CSCCN1)c1ccc(N2CCCC2=O)cc1. The van der Waals surface area contributed by atoms with Crippen LogP contribution in [0.2, 0.25) is 0 Å². The molecule has 5 nitrogen and oxygen atoms in total. The summed E-state index contributed by atoms with van der Waals surface area (Å²) >= 11 is 1.90. The summed E-state index contributed by atoms with van der Waals surface area (Å²) < 4.78 is 0. The fourth-order valence-electron chi connectivity index (χ4n) is 3.22. The second-order valence-electron chi connectivity index (χ2n) is 6.46. The first-order valence-corrected chi connectivity index (χ1v) is 9.80. The second-order valence-corrected chi connectivity index (χ2v) is 7.61. The van der Waals surface area contributed by atoms with Crippen LogP contribution in [0.3, 0.4) is 0 Å². The summed E-state index contributed by atoms with van der Waals surface area (Å²) in [5, 5.41) is 6.46. The Morgan fingerprint density at radius 2 is 2.21 bits per heavy atom. The molecule has 0 aromatic heterocycles. The lowest BCUT2D eigenvalue weighted by Gasteiger charge is -2.23. The van der Waals surface area contributed by atoms with Crippen molar-refractivity contribution >= 4 is 29.3 Å². The van der Waals surface area contributed by atoms with Crippen LogP contribution >= 0.6 is 11.8 Å². The molecule has 2 N–H and O–H groups in total. The highest BCUT2D eigenvalue weighted by Gasteiger charge is 2.22. The van der Waals surface area contributed by atoms with Gasteiger partial charge in [-0.3, -0.25) is 9.59 Å². The van der Waals surface area contributed by atoms with E-state index in [1.165, 1.54) is 0 Å². The van der Waals surface area contributed by atoms with Crippen LogP contribution in [0, 0.1) is 0 Å². The van der Waals surface area contributed by atoms with Crippen molar-refractivity contribution in [1.29, 1.82) is 0 Å². The Balaban J connectivity index is 1.53. The highest BCUT2D eigenvalue weighted by atomic mass is 32.2. The number of anilines is 1. The van der Waals surface area contributed by atoms with Crippen LogP contribution in [0.4, 0.5) is 5.69 Å². The van der Waals surface area contributed by atoms with Gasteiger partial charge in [-0.15, -0.1) is 0 Å². The predicted octanol–water partition coefficient (Wildman–Crippen LogP) is 2.09. The van der Waals surface area contributed by atoms with Crippen molar-refractivity contribution in [3.8, 4) is 0 Å². The summed E-state index contributed by atoms with van der Waals surface area (Å²) in [5.74, 6) is 2.41. The normalized spacial score (nSPS) is 22.5. The molecule has 0 radical (unpaired) electrons. The lowest BCUT2D eigenvalue weighted by Crippen LogP contribution is -2.41. The molecular weight excluding hydrogens is 322 g/mol. The summed E-state index contributed by atoms with van der Waals surface area (Å²) in [6, 6.07) is 8.19. The van der Waals surface area contributed by atoms with Gasteiger partial charge in [-0.25, -0.2) is 0 Å². The van der Waals surface area contributed by atoms with E-state index in [4.69, 9.17) is 0 Å². The average Bonchev–Trinajstić information content (AvgIpc) is 3.02. The Bertz CT molecular complexity index is 584. The molecule has 0 bridgehead atoms. The number of carbonyl (C=O) groups excluding carboxylic acids is 2. The van der Waals surface area contributed by atoms with Gasteiger partial charge in [0.05, 0.1) is 6.04 Å². The first-order chi connectivity index (χ1) is 11.6. The molecule has 2 aliphatic heterocycles. The fourth-order valence-corrected chi connectivity index (χ4v) is 4.17. The van der Waals surface area contributed by atoms with E-state index in [9.17, 15) is 9.59 Å². The number of hydrogen-bond acceptors (Lipinski definition) is 4. The van der Waals surface area contributed by atoms with Crippen molar-refractivity contribution in [2.45, 2.75) is 38.3 Å². The molecular formula is C18H25N3O2S. The summed E-state index contributed by atoms with van der Waals surface area (Å²) in [6.45, 7) is 3.78. The quantitative estimate of drug-likeness (QED) is 0.856. The third kappa shape index (κ3) is 4.30. The Morgan fingerprint density at radius 1 is 1.42 bits per heavy atom. The minimum Gasteiger partial charge on any atom is -0.350 e. The summed E-state index contributed by atoms with van der Waals surface area (Å²) in [5.41, 5.74) is 2.01. The molecule has 6 heteroatoms. The highest BCUT2D eigenvalue weighted by Crippen LogP contribution is 2.23. The molecule has 2 unspecified atom stereocenters. The van der Waals surface area contributed by atoms with Gasteiger partial charge >= 0.3 is 0 Å². The van der Waals surface area contributed by atoms with Gasteiger partial charge in [0.25, 0.3) is 0 Å². The molecule has 2 saturated heterocycles. The number of nitrogens with zero attached hydrogens (tertiary/aromatic N) is 1. The molecule has 0 aliphatic carbocycles. The maximum absolute atomic E-state index is 12.2. The van der Waals surface area contributed by atoms with Crippen LogP contribution in [0.1, 0.15) is 37.8 Å². The van der Waals surface area contributed by atoms with Gasteiger partial charge in [0.2, 0.25) is 11.8 Å². The van der Waals surface area contributed by atoms with Gasteiger partial charge in [0, 0.05) is 49.2 Å². The van der Waals surface area contributed by atoms with Crippen LogP contribution in [-0.2, 0) is 9.59 Å². The van der Waals surface area contributed by atoms with Crippen LogP contribution in [-0.4, -0.2) is 42.5 Å². The average molecular weight is 347 g/mol. The molecule has 24 heavy (non-hydrogen) atoms. The largest absolute Gasteiger partial charge is 0.350 e. The minimum absolute atomic E-state index is 0.0305. The van der Waals surface area contributed by atoms with Crippen molar-refractivity contribution < 1.29 is 9.59 Å². The monoisotopic (exact) mass is 347 g/mol. The molecule has 2 atom stereocenters. The first-order valence-electron chi connectivity index (χ1n) is 8.64. The molecule has 2 amide bonds. The molecule has 1 aromatic carbocycles. The van der Waals surface area contributed by atoms with Crippen molar-refractivity contribution in [3.63, 3.8) is 0 Å². The van der Waals surface area contributed by atoms with Crippen molar-refractivity contribution in [3.05, 3.63) is 29.8 Å². The standard InChI is InChI=1S/C18H25N3O2S/c1-13(20-17(22)11-15-12-24-10-8-19-15)14-4-6-16(7-5-14)21-9-2-3-18(21)23/h4-7,13,15,19H,2-3,8-12H2,1H3,(H,20,22). The van der Waals surface area contributed by atoms with E-state index in [1.807, 2.05) is 47.9 Å². The van der Waals surface area contributed by atoms with Gasteiger partial charge < -0.3 is 15.5 Å². The Hall–Kier alpha value is -1.53. The maximum atomic E-state index is 12.2. The van der Waals surface area contributed by atoms with Crippen molar-refractivity contribution in [2.75, 3.05) is 29.5 Å². The van der Waals surface area contributed by atoms with E-state index in [1.54, 1.807) is 0 Å². The van der Waals surface area contributed by atoms with Crippen LogP contribution < -0.4 is 15.5 Å². The van der Waals surface area contributed by atoms with Gasteiger partial charge in [0.1, 0.15) is 0 Å². The number of rotatable bonds is 5. The third-order valence-electron chi connectivity index (χ3n) is 4.59. The summed E-state index contributed by atoms with van der Waals surface area (Å²) in [4.78, 5) is 25.8. The van der Waals surface area contributed by atoms with Crippen LogP contribution in [0.15, 0.2) is 24.3 Å². The van der Waals surface area contributed by atoms with Crippen molar-refractivity contribution in [1.82, 2.24) is 10.6 Å². The zero-order valence-corrected chi connectivity index (χ0v) is 14.9. The Labute approximate surface area is 147 Å². The zero-order chi connectivity index (χ0) is 16.9. The first kappa shape index (κ1) is 17.3. The molecule has 2 aliphatic rings. The molecule has 3 rings (SSSR count). The van der Waals surface area contributed by atoms with E-state index in [-0.39, 0.29) is 23.9 Å². The van der Waals surface area contributed by atoms with E-state index in [2.05, 4.69) is 10.6 Å². The smallest absolute Gasteiger partial charge is 0.227 e. The minimum atomic E-state index is -0.0305. The highest BCUT2D eigenvalue weighted by molar-refractivity contribution is 7.99. The maximum Gasteiger partial charge on any atom is 0.227 e. The lowest BCUT2D eigenvalue weighted by molar-refractivity contribution is -0.122. The van der Waals surface area contributed by atoms with E-state index in [0.29, 0.717) is 12.8 Å². The molecule has 2 fully saturated rings. The molecule has 130 valence electrons. The molecule has 2 heterocycles.